The number of aryl methyl sites for hydroxylation is 1. The molecule has 0 saturated carbocycles. The molecular formula is C19H31N3O2. The fraction of sp³-hybridized carbons (Fsp3) is 0.632. The smallest absolute Gasteiger partial charge is 0.244 e. The molecule has 1 saturated heterocycles. The van der Waals surface area contributed by atoms with Gasteiger partial charge in [0.25, 0.3) is 0 Å². The van der Waals surface area contributed by atoms with Crippen LogP contribution < -0.4 is 0 Å². The summed E-state index contributed by atoms with van der Waals surface area (Å²) in [6.45, 7) is 3.91. The SMILES string of the molecule is Cc1ccc([C@H](C(=O)N2CCC(O)(CN(C)C)CC2)N(C)C)cc1. The molecule has 0 spiro atoms. The fourth-order valence-electron chi connectivity index (χ4n) is 3.47. The predicted molar refractivity (Wildman–Crippen MR) is 96.9 cm³/mol. The number of carbonyl (C=O) groups excluding carboxylic acids is 1. The molecule has 1 atom stereocenters. The van der Waals surface area contributed by atoms with Crippen molar-refractivity contribution in [2.24, 2.45) is 0 Å². The molecule has 0 bridgehead atoms. The van der Waals surface area contributed by atoms with Gasteiger partial charge in [-0.25, -0.2) is 0 Å². The first kappa shape index (κ1) is 18.9. The average Bonchev–Trinajstić information content (AvgIpc) is 2.48. The first-order valence-corrected chi connectivity index (χ1v) is 8.61. The van der Waals surface area contributed by atoms with Gasteiger partial charge < -0.3 is 14.9 Å². The summed E-state index contributed by atoms with van der Waals surface area (Å²) in [6, 6.07) is 7.88. The molecule has 5 nitrogen and oxygen atoms in total. The van der Waals surface area contributed by atoms with Crippen molar-refractivity contribution in [1.29, 1.82) is 0 Å². The van der Waals surface area contributed by atoms with E-state index in [1.54, 1.807) is 0 Å². The van der Waals surface area contributed by atoms with E-state index in [1.165, 1.54) is 5.56 Å². The zero-order valence-electron chi connectivity index (χ0n) is 15.6. The second-order valence-corrected chi connectivity index (χ2v) is 7.56. The van der Waals surface area contributed by atoms with Gasteiger partial charge in [-0.05, 0) is 53.5 Å². The average molecular weight is 333 g/mol. The van der Waals surface area contributed by atoms with Crippen molar-refractivity contribution in [3.8, 4) is 0 Å². The number of nitrogens with zero attached hydrogens (tertiary/aromatic N) is 3. The van der Waals surface area contributed by atoms with Crippen molar-refractivity contribution in [2.45, 2.75) is 31.4 Å². The molecule has 0 unspecified atom stereocenters. The van der Waals surface area contributed by atoms with E-state index in [9.17, 15) is 9.90 Å². The van der Waals surface area contributed by atoms with Crippen molar-refractivity contribution in [1.82, 2.24) is 14.7 Å². The van der Waals surface area contributed by atoms with E-state index < -0.39 is 5.60 Å². The number of carbonyl (C=O) groups is 1. The molecule has 5 heteroatoms. The number of piperidine rings is 1. The zero-order valence-corrected chi connectivity index (χ0v) is 15.6. The second-order valence-electron chi connectivity index (χ2n) is 7.56. The van der Waals surface area contributed by atoms with Crippen LogP contribution >= 0.6 is 0 Å². The van der Waals surface area contributed by atoms with Crippen LogP contribution in [0.15, 0.2) is 24.3 Å². The Morgan fingerprint density at radius 1 is 1.17 bits per heavy atom. The van der Waals surface area contributed by atoms with Crippen molar-refractivity contribution in [2.75, 3.05) is 47.8 Å². The number of likely N-dealkylation sites (N-methyl/N-ethyl adjacent to an activating group) is 2. The molecule has 1 aromatic rings. The standard InChI is InChI=1S/C19H31N3O2/c1-15-6-8-16(9-7-15)17(21(4)5)18(23)22-12-10-19(24,11-13-22)14-20(2)3/h6-9,17,24H,10-14H2,1-5H3/t17-/m1/s1. The highest BCUT2D eigenvalue weighted by molar-refractivity contribution is 5.83. The first-order valence-electron chi connectivity index (χ1n) is 8.61. The van der Waals surface area contributed by atoms with Crippen LogP contribution in [0.25, 0.3) is 0 Å². The third-order valence-corrected chi connectivity index (χ3v) is 4.76. The Balaban J connectivity index is 2.08. The monoisotopic (exact) mass is 333 g/mol. The van der Waals surface area contributed by atoms with Crippen LogP contribution in [-0.4, -0.2) is 79.1 Å². The van der Waals surface area contributed by atoms with Crippen LogP contribution in [0.5, 0.6) is 0 Å². The molecule has 1 heterocycles. The Hall–Kier alpha value is -1.43. The molecule has 1 aliphatic heterocycles. The summed E-state index contributed by atoms with van der Waals surface area (Å²) >= 11 is 0. The molecular weight excluding hydrogens is 302 g/mol. The minimum absolute atomic E-state index is 0.121. The van der Waals surface area contributed by atoms with Crippen LogP contribution in [0, 0.1) is 6.92 Å². The van der Waals surface area contributed by atoms with Gasteiger partial charge in [-0.1, -0.05) is 29.8 Å². The maximum absolute atomic E-state index is 13.1. The number of hydrogen-bond acceptors (Lipinski definition) is 4. The van der Waals surface area contributed by atoms with Gasteiger partial charge >= 0.3 is 0 Å². The highest BCUT2D eigenvalue weighted by atomic mass is 16.3. The van der Waals surface area contributed by atoms with Crippen molar-refractivity contribution in [3.63, 3.8) is 0 Å². The lowest BCUT2D eigenvalue weighted by Gasteiger charge is -2.41. The Morgan fingerprint density at radius 3 is 2.17 bits per heavy atom. The maximum Gasteiger partial charge on any atom is 0.244 e. The van der Waals surface area contributed by atoms with Crippen LogP contribution in [-0.2, 0) is 4.79 Å². The zero-order chi connectivity index (χ0) is 17.9. The summed E-state index contributed by atoms with van der Waals surface area (Å²) in [7, 11) is 7.81. The largest absolute Gasteiger partial charge is 0.388 e. The lowest BCUT2D eigenvalue weighted by Crippen LogP contribution is -2.52. The maximum atomic E-state index is 13.1. The normalized spacial score (nSPS) is 18.9. The lowest BCUT2D eigenvalue weighted by molar-refractivity contribution is -0.141. The van der Waals surface area contributed by atoms with Gasteiger partial charge in [0.15, 0.2) is 0 Å². The van der Waals surface area contributed by atoms with Crippen molar-refractivity contribution >= 4 is 5.91 Å². The van der Waals surface area contributed by atoms with Gasteiger partial charge in [-0.3, -0.25) is 9.69 Å². The third-order valence-electron chi connectivity index (χ3n) is 4.76. The summed E-state index contributed by atoms with van der Waals surface area (Å²) in [5.74, 6) is 0.121. The van der Waals surface area contributed by atoms with E-state index in [-0.39, 0.29) is 11.9 Å². The summed E-state index contributed by atoms with van der Waals surface area (Å²) < 4.78 is 0. The highest BCUT2D eigenvalue weighted by Gasteiger charge is 2.36. The van der Waals surface area contributed by atoms with E-state index in [0.717, 1.165) is 5.56 Å². The Bertz CT molecular complexity index is 546. The molecule has 0 aliphatic carbocycles. The molecule has 0 aromatic heterocycles. The Labute approximate surface area is 145 Å². The van der Waals surface area contributed by atoms with E-state index >= 15 is 0 Å². The number of amides is 1. The van der Waals surface area contributed by atoms with Gasteiger partial charge in [-0.2, -0.15) is 0 Å². The van der Waals surface area contributed by atoms with Gasteiger partial charge in [0.05, 0.1) is 5.60 Å². The van der Waals surface area contributed by atoms with E-state index in [4.69, 9.17) is 0 Å². The Kier molecular flexibility index (Phi) is 6.01. The number of hydrogen-bond donors (Lipinski definition) is 1. The summed E-state index contributed by atoms with van der Waals surface area (Å²) in [4.78, 5) is 18.9. The van der Waals surface area contributed by atoms with Crippen molar-refractivity contribution < 1.29 is 9.90 Å². The number of aliphatic hydroxyl groups is 1. The molecule has 1 amide bonds. The molecule has 1 fully saturated rings. The van der Waals surface area contributed by atoms with E-state index in [2.05, 4.69) is 0 Å². The first-order chi connectivity index (χ1) is 11.2. The van der Waals surface area contributed by atoms with Crippen LogP contribution in [0.2, 0.25) is 0 Å². The highest BCUT2D eigenvalue weighted by Crippen LogP contribution is 2.27. The molecule has 2 rings (SSSR count). The second kappa shape index (κ2) is 7.64. The molecule has 1 N–H and O–H groups in total. The molecule has 0 radical (unpaired) electrons. The topological polar surface area (TPSA) is 47.0 Å². The van der Waals surface area contributed by atoms with E-state index in [1.807, 2.05) is 74.1 Å². The Morgan fingerprint density at radius 2 is 1.71 bits per heavy atom. The van der Waals surface area contributed by atoms with Gasteiger partial charge in [-0.15, -0.1) is 0 Å². The number of rotatable bonds is 5. The lowest BCUT2D eigenvalue weighted by atomic mass is 9.90. The van der Waals surface area contributed by atoms with Crippen LogP contribution in [0.1, 0.15) is 30.0 Å². The van der Waals surface area contributed by atoms with Gasteiger partial charge in [0.1, 0.15) is 6.04 Å². The quantitative estimate of drug-likeness (QED) is 0.887. The van der Waals surface area contributed by atoms with Gasteiger partial charge in [0, 0.05) is 19.6 Å². The van der Waals surface area contributed by atoms with Gasteiger partial charge in [0.2, 0.25) is 5.91 Å². The van der Waals surface area contributed by atoms with Crippen molar-refractivity contribution in [3.05, 3.63) is 35.4 Å². The van der Waals surface area contributed by atoms with E-state index in [0.29, 0.717) is 32.5 Å². The number of benzene rings is 1. The molecule has 134 valence electrons. The summed E-state index contributed by atoms with van der Waals surface area (Å²) in [5, 5.41) is 10.6. The fourth-order valence-corrected chi connectivity index (χ4v) is 3.47. The summed E-state index contributed by atoms with van der Waals surface area (Å²) in [5.41, 5.74) is 1.53. The van der Waals surface area contributed by atoms with Crippen LogP contribution in [0.3, 0.4) is 0 Å². The molecule has 1 aliphatic rings. The summed E-state index contributed by atoms with van der Waals surface area (Å²) in [6.07, 6.45) is 1.26. The molecule has 1 aromatic carbocycles. The molecule has 24 heavy (non-hydrogen) atoms. The minimum atomic E-state index is -0.683. The van der Waals surface area contributed by atoms with Crippen LogP contribution in [0.4, 0.5) is 0 Å². The minimum Gasteiger partial charge on any atom is -0.388 e. The predicted octanol–water partition coefficient (Wildman–Crippen LogP) is 1.51. The number of likely N-dealkylation sites (tertiary alicyclic amines) is 1. The third kappa shape index (κ3) is 4.56.